The minimum absolute atomic E-state index is 0.243. The topological polar surface area (TPSA) is 76.0 Å². The van der Waals surface area contributed by atoms with E-state index in [0.717, 1.165) is 22.3 Å². The molecule has 0 unspecified atom stereocenters. The van der Waals surface area contributed by atoms with E-state index in [-0.39, 0.29) is 10.9 Å². The fraction of sp³-hybridized carbons (Fsp3) is 0.208. The van der Waals surface area contributed by atoms with E-state index in [0.29, 0.717) is 13.0 Å². The van der Waals surface area contributed by atoms with Crippen molar-refractivity contribution in [3.63, 3.8) is 0 Å². The molecule has 0 aliphatic carbocycles. The van der Waals surface area contributed by atoms with Gasteiger partial charge in [-0.1, -0.05) is 48.9 Å². The first-order chi connectivity index (χ1) is 15.0. The zero-order valence-electron chi connectivity index (χ0n) is 17.6. The van der Waals surface area contributed by atoms with Crippen molar-refractivity contribution in [2.45, 2.75) is 31.2 Å². The van der Waals surface area contributed by atoms with Gasteiger partial charge in [-0.05, 0) is 49.7 Å². The molecule has 6 nitrogen and oxygen atoms in total. The highest BCUT2D eigenvalue weighted by atomic mass is 32.2. The van der Waals surface area contributed by atoms with Gasteiger partial charge in [0.05, 0.1) is 22.3 Å². The number of anilines is 1. The van der Waals surface area contributed by atoms with Gasteiger partial charge in [0.1, 0.15) is 0 Å². The van der Waals surface area contributed by atoms with Gasteiger partial charge >= 0.3 is 0 Å². The zero-order valence-corrected chi connectivity index (χ0v) is 18.4. The van der Waals surface area contributed by atoms with Gasteiger partial charge in [0.15, 0.2) is 0 Å². The molecule has 0 spiro atoms. The molecule has 0 bridgehead atoms. The summed E-state index contributed by atoms with van der Waals surface area (Å²) in [4.78, 5) is 0.273. The molecule has 4 aromatic rings. The second-order valence-corrected chi connectivity index (χ2v) is 9.26. The molecule has 0 amide bonds. The van der Waals surface area contributed by atoms with Crippen molar-refractivity contribution in [1.29, 1.82) is 0 Å². The molecule has 31 heavy (non-hydrogen) atoms. The summed E-state index contributed by atoms with van der Waals surface area (Å²) in [5, 5.41) is 8.96. The maximum atomic E-state index is 12.7. The van der Waals surface area contributed by atoms with Crippen LogP contribution < -0.4 is 10.0 Å². The predicted molar refractivity (Wildman–Crippen MR) is 125 cm³/mol. The van der Waals surface area contributed by atoms with E-state index in [2.05, 4.69) is 34.2 Å². The normalized spacial score (nSPS) is 12.7. The average Bonchev–Trinajstić information content (AvgIpc) is 3.22. The largest absolute Gasteiger partial charge is 0.383 e. The molecule has 0 saturated carbocycles. The van der Waals surface area contributed by atoms with Gasteiger partial charge in [-0.3, -0.25) is 0 Å². The number of sulfonamides is 1. The Morgan fingerprint density at radius 3 is 2.42 bits per heavy atom. The van der Waals surface area contributed by atoms with Crippen LogP contribution in [0.4, 0.5) is 5.69 Å². The molecule has 0 saturated heterocycles. The van der Waals surface area contributed by atoms with E-state index < -0.39 is 10.0 Å². The SMILES string of the molecule is CC[C@@H](CNc1cccc2c1cnn2-c1ccc(C)cc1)NS(=O)(=O)c1ccccc1. The van der Waals surface area contributed by atoms with Gasteiger partial charge in [-0.25, -0.2) is 17.8 Å². The lowest BCUT2D eigenvalue weighted by Crippen LogP contribution is -2.39. The summed E-state index contributed by atoms with van der Waals surface area (Å²) in [5.41, 5.74) is 4.12. The quantitative estimate of drug-likeness (QED) is 0.428. The smallest absolute Gasteiger partial charge is 0.240 e. The Labute approximate surface area is 183 Å². The summed E-state index contributed by atoms with van der Waals surface area (Å²) < 4.78 is 30.0. The molecule has 2 N–H and O–H groups in total. The van der Waals surface area contributed by atoms with Crippen molar-refractivity contribution in [2.75, 3.05) is 11.9 Å². The molecule has 1 aromatic heterocycles. The summed E-state index contributed by atoms with van der Waals surface area (Å²) in [6.45, 7) is 4.50. The number of hydrogen-bond donors (Lipinski definition) is 2. The van der Waals surface area contributed by atoms with Gasteiger partial charge in [0, 0.05) is 23.7 Å². The van der Waals surface area contributed by atoms with Crippen molar-refractivity contribution >= 4 is 26.6 Å². The maximum Gasteiger partial charge on any atom is 0.240 e. The molecule has 0 fully saturated rings. The molecule has 0 aliphatic rings. The number of hydrogen-bond acceptors (Lipinski definition) is 4. The van der Waals surface area contributed by atoms with Crippen LogP contribution in [0.1, 0.15) is 18.9 Å². The van der Waals surface area contributed by atoms with Gasteiger partial charge in [0.25, 0.3) is 0 Å². The van der Waals surface area contributed by atoms with E-state index in [1.807, 2.05) is 48.1 Å². The molecule has 1 heterocycles. The van der Waals surface area contributed by atoms with Crippen LogP contribution in [0.3, 0.4) is 0 Å². The van der Waals surface area contributed by atoms with Crippen LogP contribution in [0, 0.1) is 6.92 Å². The molecule has 160 valence electrons. The number of nitrogens with zero attached hydrogens (tertiary/aromatic N) is 2. The lowest BCUT2D eigenvalue weighted by atomic mass is 10.2. The van der Waals surface area contributed by atoms with Crippen molar-refractivity contribution in [2.24, 2.45) is 0 Å². The third-order valence-corrected chi connectivity index (χ3v) is 6.84. The molecule has 1 atom stereocenters. The minimum Gasteiger partial charge on any atom is -0.383 e. The van der Waals surface area contributed by atoms with E-state index in [1.165, 1.54) is 5.56 Å². The number of aryl methyl sites for hydroxylation is 1. The van der Waals surface area contributed by atoms with Crippen molar-refractivity contribution in [3.05, 3.63) is 84.6 Å². The number of aromatic nitrogens is 2. The van der Waals surface area contributed by atoms with Crippen molar-refractivity contribution < 1.29 is 8.42 Å². The third-order valence-electron chi connectivity index (χ3n) is 5.30. The van der Waals surface area contributed by atoms with Crippen molar-refractivity contribution in [3.8, 4) is 5.69 Å². The summed E-state index contributed by atoms with van der Waals surface area (Å²) >= 11 is 0. The number of rotatable bonds is 8. The van der Waals surface area contributed by atoms with Crippen LogP contribution in [0.5, 0.6) is 0 Å². The molecule has 3 aromatic carbocycles. The van der Waals surface area contributed by atoms with Gasteiger partial charge in [0.2, 0.25) is 10.0 Å². The lowest BCUT2D eigenvalue weighted by Gasteiger charge is -2.19. The summed E-state index contributed by atoms with van der Waals surface area (Å²) in [6.07, 6.45) is 2.50. The maximum absolute atomic E-state index is 12.7. The van der Waals surface area contributed by atoms with Crippen LogP contribution in [-0.4, -0.2) is 30.8 Å². The zero-order chi connectivity index (χ0) is 21.8. The van der Waals surface area contributed by atoms with Crippen LogP contribution >= 0.6 is 0 Å². The summed E-state index contributed by atoms with van der Waals surface area (Å²) in [6, 6.07) is 22.4. The second-order valence-electron chi connectivity index (χ2n) is 7.55. The average molecular weight is 435 g/mol. The Morgan fingerprint density at radius 1 is 0.968 bits per heavy atom. The Kier molecular flexibility index (Phi) is 6.06. The van der Waals surface area contributed by atoms with Gasteiger partial charge in [-0.2, -0.15) is 5.10 Å². The second kappa shape index (κ2) is 8.91. The first-order valence-corrected chi connectivity index (χ1v) is 11.8. The number of nitrogens with one attached hydrogen (secondary N) is 2. The monoisotopic (exact) mass is 434 g/mol. The van der Waals surface area contributed by atoms with Crippen molar-refractivity contribution in [1.82, 2.24) is 14.5 Å². The predicted octanol–water partition coefficient (Wildman–Crippen LogP) is 4.50. The summed E-state index contributed by atoms with van der Waals surface area (Å²) in [7, 11) is -3.56. The Hall–Kier alpha value is -3.16. The van der Waals surface area contributed by atoms with E-state index in [9.17, 15) is 8.42 Å². The Morgan fingerprint density at radius 2 is 1.71 bits per heavy atom. The number of fused-ring (bicyclic) bond motifs is 1. The van der Waals surface area contributed by atoms with Gasteiger partial charge in [-0.15, -0.1) is 0 Å². The van der Waals surface area contributed by atoms with Crippen LogP contribution in [0.15, 0.2) is 83.9 Å². The third kappa shape index (κ3) is 4.62. The van der Waals surface area contributed by atoms with E-state index in [1.54, 1.807) is 30.3 Å². The summed E-state index contributed by atoms with van der Waals surface area (Å²) in [5.74, 6) is 0. The molecule has 7 heteroatoms. The van der Waals surface area contributed by atoms with Gasteiger partial charge < -0.3 is 5.32 Å². The molecular weight excluding hydrogens is 408 g/mol. The fourth-order valence-electron chi connectivity index (χ4n) is 3.49. The molecular formula is C24H26N4O2S. The van der Waals surface area contributed by atoms with E-state index >= 15 is 0 Å². The Balaban J connectivity index is 1.52. The molecule has 0 radical (unpaired) electrons. The standard InChI is InChI=1S/C24H26N4O2S/c1-3-19(27-31(29,30)21-8-5-4-6-9-21)16-25-23-10-7-11-24-22(23)17-26-28(24)20-14-12-18(2)13-15-20/h4-15,17,19,25,27H,3,16H2,1-2H3/t19-/m0/s1. The van der Waals surface area contributed by atoms with Crippen LogP contribution in [0.2, 0.25) is 0 Å². The highest BCUT2D eigenvalue weighted by molar-refractivity contribution is 7.89. The first kappa shape index (κ1) is 21.1. The van der Waals surface area contributed by atoms with Crippen LogP contribution in [0.25, 0.3) is 16.6 Å². The lowest BCUT2D eigenvalue weighted by molar-refractivity contribution is 0.548. The molecule has 0 aliphatic heterocycles. The fourth-order valence-corrected chi connectivity index (χ4v) is 4.83. The highest BCUT2D eigenvalue weighted by Gasteiger charge is 2.19. The van der Waals surface area contributed by atoms with E-state index in [4.69, 9.17) is 0 Å². The Bertz CT molecular complexity index is 1270. The molecule has 4 rings (SSSR count). The highest BCUT2D eigenvalue weighted by Crippen LogP contribution is 2.25. The van der Waals surface area contributed by atoms with Crippen LogP contribution in [-0.2, 0) is 10.0 Å². The minimum atomic E-state index is -3.56. The first-order valence-electron chi connectivity index (χ1n) is 10.3. The number of benzene rings is 3.